The number of hydrogen-bond acceptors (Lipinski definition) is 4. The van der Waals surface area contributed by atoms with Gasteiger partial charge in [0, 0.05) is 32.6 Å². The van der Waals surface area contributed by atoms with E-state index in [4.69, 9.17) is 5.73 Å². The first kappa shape index (κ1) is 14.4. The molecule has 1 aromatic rings. The normalized spacial score (nSPS) is 15.8. The Morgan fingerprint density at radius 1 is 1.30 bits per heavy atom. The van der Waals surface area contributed by atoms with Crippen molar-refractivity contribution in [3.8, 4) is 0 Å². The lowest BCUT2D eigenvalue weighted by molar-refractivity contribution is -0.133. The van der Waals surface area contributed by atoms with Gasteiger partial charge in [-0.3, -0.25) is 14.7 Å². The third-order valence-electron chi connectivity index (χ3n) is 3.38. The summed E-state index contributed by atoms with van der Waals surface area (Å²) in [7, 11) is 0. The Morgan fingerprint density at radius 3 is 2.40 bits per heavy atom. The molecule has 1 aliphatic heterocycles. The van der Waals surface area contributed by atoms with E-state index >= 15 is 0 Å². The molecule has 0 radical (unpaired) electrons. The Bertz CT molecular complexity index is 489. The molecule has 0 bridgehead atoms. The Labute approximate surface area is 118 Å². The molecule has 110 valence electrons. The fourth-order valence-corrected chi connectivity index (χ4v) is 2.26. The van der Waals surface area contributed by atoms with E-state index in [0.717, 1.165) is 0 Å². The van der Waals surface area contributed by atoms with Crippen molar-refractivity contribution in [2.75, 3.05) is 31.9 Å². The van der Waals surface area contributed by atoms with Gasteiger partial charge in [0.25, 0.3) is 5.91 Å². The smallest absolute Gasteiger partial charge is 0.274 e. The van der Waals surface area contributed by atoms with E-state index in [2.05, 4.69) is 10.2 Å². The second-order valence-corrected chi connectivity index (χ2v) is 5.47. The fourth-order valence-electron chi connectivity index (χ4n) is 2.26. The second-order valence-electron chi connectivity index (χ2n) is 5.47. The molecule has 2 heterocycles. The largest absolute Gasteiger partial charge is 0.396 e. The maximum Gasteiger partial charge on any atom is 0.274 e. The van der Waals surface area contributed by atoms with Crippen LogP contribution in [-0.4, -0.2) is 58.0 Å². The fraction of sp³-hybridized carbons (Fsp3) is 0.615. The van der Waals surface area contributed by atoms with Crippen LogP contribution in [0.5, 0.6) is 0 Å². The molecular weight excluding hydrogens is 258 g/mol. The van der Waals surface area contributed by atoms with Gasteiger partial charge in [0.1, 0.15) is 5.69 Å². The molecule has 3 N–H and O–H groups in total. The third kappa shape index (κ3) is 3.09. The van der Waals surface area contributed by atoms with E-state index in [1.165, 1.54) is 6.20 Å². The van der Waals surface area contributed by atoms with E-state index in [-0.39, 0.29) is 11.8 Å². The highest BCUT2D eigenvalue weighted by atomic mass is 16.2. The number of anilines is 1. The van der Waals surface area contributed by atoms with Gasteiger partial charge in [-0.1, -0.05) is 13.8 Å². The third-order valence-corrected chi connectivity index (χ3v) is 3.38. The summed E-state index contributed by atoms with van der Waals surface area (Å²) < 4.78 is 0. The first-order valence-corrected chi connectivity index (χ1v) is 6.85. The highest BCUT2D eigenvalue weighted by Gasteiger charge is 2.26. The maximum absolute atomic E-state index is 12.2. The molecule has 20 heavy (non-hydrogen) atoms. The van der Waals surface area contributed by atoms with Crippen molar-refractivity contribution in [2.45, 2.75) is 20.3 Å². The number of nitrogens with zero attached hydrogens (tertiary/aromatic N) is 3. The summed E-state index contributed by atoms with van der Waals surface area (Å²) in [4.78, 5) is 27.7. The lowest BCUT2D eigenvalue weighted by atomic mass is 10.1. The van der Waals surface area contributed by atoms with Crippen molar-refractivity contribution in [2.24, 2.45) is 5.92 Å². The van der Waals surface area contributed by atoms with Gasteiger partial charge in [-0.15, -0.1) is 0 Å². The number of aromatic nitrogens is 2. The Hall–Kier alpha value is -2.05. The summed E-state index contributed by atoms with van der Waals surface area (Å²) in [5, 5.41) is 6.37. The van der Waals surface area contributed by atoms with Crippen LogP contribution in [0.2, 0.25) is 0 Å². The quantitative estimate of drug-likeness (QED) is 0.833. The summed E-state index contributed by atoms with van der Waals surface area (Å²) in [6.45, 7) is 6.26. The van der Waals surface area contributed by atoms with E-state index < -0.39 is 0 Å². The van der Waals surface area contributed by atoms with E-state index in [1.807, 2.05) is 18.7 Å². The molecule has 0 atom stereocenters. The average Bonchev–Trinajstić information content (AvgIpc) is 2.83. The number of hydrogen-bond donors (Lipinski definition) is 2. The molecule has 7 nitrogen and oxygen atoms in total. The molecule has 1 aromatic heterocycles. The molecule has 7 heteroatoms. The topological polar surface area (TPSA) is 95.3 Å². The minimum Gasteiger partial charge on any atom is -0.396 e. The van der Waals surface area contributed by atoms with Crippen molar-refractivity contribution >= 4 is 17.5 Å². The van der Waals surface area contributed by atoms with Crippen LogP contribution in [0.15, 0.2) is 6.20 Å². The van der Waals surface area contributed by atoms with Crippen molar-refractivity contribution in [3.05, 3.63) is 11.9 Å². The van der Waals surface area contributed by atoms with Crippen LogP contribution in [0, 0.1) is 5.92 Å². The lowest BCUT2D eigenvalue weighted by Gasteiger charge is -2.35. The van der Waals surface area contributed by atoms with Gasteiger partial charge in [0.05, 0.1) is 11.9 Å². The zero-order valence-corrected chi connectivity index (χ0v) is 11.9. The van der Waals surface area contributed by atoms with Crippen LogP contribution in [0.1, 0.15) is 30.8 Å². The monoisotopic (exact) mass is 279 g/mol. The van der Waals surface area contributed by atoms with Crippen LogP contribution in [0.4, 0.5) is 5.69 Å². The lowest BCUT2D eigenvalue weighted by Crippen LogP contribution is -2.50. The zero-order valence-electron chi connectivity index (χ0n) is 11.9. The van der Waals surface area contributed by atoms with Crippen molar-refractivity contribution in [3.63, 3.8) is 0 Å². The summed E-state index contributed by atoms with van der Waals surface area (Å²) >= 11 is 0. The van der Waals surface area contributed by atoms with Gasteiger partial charge in [-0.05, 0) is 5.92 Å². The van der Waals surface area contributed by atoms with E-state index in [0.29, 0.717) is 49.9 Å². The van der Waals surface area contributed by atoms with Crippen LogP contribution in [0.25, 0.3) is 0 Å². The number of nitrogen functional groups attached to an aromatic ring is 1. The number of nitrogens with two attached hydrogens (primary N) is 1. The number of nitrogens with one attached hydrogen (secondary N) is 1. The maximum atomic E-state index is 12.2. The van der Waals surface area contributed by atoms with Gasteiger partial charge < -0.3 is 15.5 Å². The SMILES string of the molecule is CC(C)CC(=O)N1CCN(C(=O)c2[nH]ncc2N)CC1. The molecule has 0 saturated carbocycles. The van der Waals surface area contributed by atoms with Gasteiger partial charge in [0.15, 0.2) is 0 Å². The molecule has 2 rings (SSSR count). The predicted molar refractivity (Wildman–Crippen MR) is 74.9 cm³/mol. The van der Waals surface area contributed by atoms with Crippen LogP contribution in [-0.2, 0) is 4.79 Å². The van der Waals surface area contributed by atoms with Gasteiger partial charge >= 0.3 is 0 Å². The van der Waals surface area contributed by atoms with Crippen molar-refractivity contribution in [1.29, 1.82) is 0 Å². The number of carbonyl (C=O) groups is 2. The standard InChI is InChI=1S/C13H21N5O2/c1-9(2)7-11(19)17-3-5-18(6-4-17)13(20)12-10(14)8-15-16-12/h8-9H,3-7,14H2,1-2H3,(H,15,16). The Morgan fingerprint density at radius 2 is 1.90 bits per heavy atom. The molecule has 2 amide bonds. The first-order valence-electron chi connectivity index (χ1n) is 6.85. The molecule has 1 saturated heterocycles. The minimum absolute atomic E-state index is 0.157. The van der Waals surface area contributed by atoms with Crippen LogP contribution in [0.3, 0.4) is 0 Å². The van der Waals surface area contributed by atoms with E-state index in [9.17, 15) is 9.59 Å². The number of H-pyrrole nitrogens is 1. The molecule has 0 unspecified atom stereocenters. The Kier molecular flexibility index (Phi) is 4.26. The molecule has 0 aromatic carbocycles. The highest BCUT2D eigenvalue weighted by molar-refractivity contribution is 5.97. The van der Waals surface area contributed by atoms with Gasteiger partial charge in [-0.25, -0.2) is 0 Å². The number of amides is 2. The van der Waals surface area contributed by atoms with Gasteiger partial charge in [0.2, 0.25) is 5.91 Å². The van der Waals surface area contributed by atoms with Crippen LogP contribution >= 0.6 is 0 Å². The molecule has 1 fully saturated rings. The summed E-state index contributed by atoms with van der Waals surface area (Å²) in [6.07, 6.45) is 1.98. The second kappa shape index (κ2) is 5.94. The number of aromatic amines is 1. The minimum atomic E-state index is -0.157. The number of carbonyl (C=O) groups excluding carboxylic acids is 2. The molecule has 1 aliphatic rings. The predicted octanol–water partition coefficient (Wildman–Crippen LogP) is 0.322. The highest BCUT2D eigenvalue weighted by Crippen LogP contribution is 2.13. The number of rotatable bonds is 3. The number of piperazine rings is 1. The summed E-state index contributed by atoms with van der Waals surface area (Å²) in [6, 6.07) is 0. The molecular formula is C13H21N5O2. The Balaban J connectivity index is 1.90. The van der Waals surface area contributed by atoms with Crippen molar-refractivity contribution < 1.29 is 9.59 Å². The van der Waals surface area contributed by atoms with Crippen molar-refractivity contribution in [1.82, 2.24) is 20.0 Å². The summed E-state index contributed by atoms with van der Waals surface area (Å²) in [5.74, 6) is 0.357. The van der Waals surface area contributed by atoms with E-state index in [1.54, 1.807) is 4.90 Å². The van der Waals surface area contributed by atoms with Gasteiger partial charge in [-0.2, -0.15) is 5.10 Å². The molecule has 0 spiro atoms. The molecule has 0 aliphatic carbocycles. The average molecular weight is 279 g/mol. The zero-order chi connectivity index (χ0) is 14.7. The summed E-state index contributed by atoms with van der Waals surface area (Å²) in [5.41, 5.74) is 6.35. The van der Waals surface area contributed by atoms with Crippen LogP contribution < -0.4 is 5.73 Å². The first-order chi connectivity index (χ1) is 9.49.